The molecule has 1 aliphatic carbocycles. The van der Waals surface area contributed by atoms with Gasteiger partial charge in [0.1, 0.15) is 5.76 Å². The zero-order chi connectivity index (χ0) is 13.9. The van der Waals surface area contributed by atoms with Crippen LogP contribution in [-0.4, -0.2) is 11.1 Å². The second kappa shape index (κ2) is 5.79. The summed E-state index contributed by atoms with van der Waals surface area (Å²) in [5, 5.41) is 6.83. The Labute approximate surface area is 125 Å². The number of aromatic nitrogens is 1. The summed E-state index contributed by atoms with van der Waals surface area (Å²) in [7, 11) is 0. The minimum absolute atomic E-state index is 0.160. The highest BCUT2D eigenvalue weighted by atomic mass is 79.9. The predicted molar refractivity (Wildman–Crippen MR) is 78.5 cm³/mol. The summed E-state index contributed by atoms with van der Waals surface area (Å²) in [6, 6.07) is 7.83. The topological polar surface area (TPSA) is 55.1 Å². The molecule has 0 radical (unpaired) electrons. The second-order valence-corrected chi connectivity index (χ2v) is 5.77. The van der Waals surface area contributed by atoms with Crippen LogP contribution in [0, 0.1) is 0 Å². The molecule has 20 heavy (non-hydrogen) atoms. The van der Waals surface area contributed by atoms with Gasteiger partial charge in [0.25, 0.3) is 5.91 Å². The Bertz CT molecular complexity index is 637. The van der Waals surface area contributed by atoms with E-state index in [2.05, 4.69) is 26.4 Å². The number of aryl methyl sites for hydroxylation is 1. The molecular weight excluding hydrogens is 320 g/mol. The van der Waals surface area contributed by atoms with Crippen molar-refractivity contribution in [2.24, 2.45) is 0 Å². The van der Waals surface area contributed by atoms with E-state index in [1.807, 2.05) is 24.3 Å². The highest BCUT2D eigenvalue weighted by molar-refractivity contribution is 9.10. The Kier molecular flexibility index (Phi) is 3.87. The molecular formula is C15H15BrN2O2. The average Bonchev–Trinajstić information content (AvgIpc) is 2.90. The number of nitrogens with one attached hydrogen (secondary N) is 1. The molecule has 0 bridgehead atoms. The number of rotatable bonds is 3. The molecule has 1 aromatic carbocycles. The Balaban J connectivity index is 1.71. The fraction of sp³-hybridized carbons (Fsp3) is 0.333. The van der Waals surface area contributed by atoms with Gasteiger partial charge in [0.05, 0.1) is 0 Å². The molecule has 1 amide bonds. The maximum atomic E-state index is 12.2. The second-order valence-electron chi connectivity index (χ2n) is 4.91. The number of hydrogen-bond donors (Lipinski definition) is 1. The van der Waals surface area contributed by atoms with E-state index < -0.39 is 0 Å². The van der Waals surface area contributed by atoms with Gasteiger partial charge in [0.2, 0.25) is 0 Å². The molecule has 0 unspecified atom stereocenters. The first kappa shape index (κ1) is 13.4. The van der Waals surface area contributed by atoms with Crippen molar-refractivity contribution < 1.29 is 9.32 Å². The van der Waals surface area contributed by atoms with Gasteiger partial charge in [0, 0.05) is 23.0 Å². The standard InChI is InChI=1S/C15H15BrN2O2/c16-12-7-3-1-5-10(12)9-17-15(19)14-11-6-2-4-8-13(11)20-18-14/h1,3,5,7H,2,4,6,8-9H2,(H,17,19). The fourth-order valence-electron chi connectivity index (χ4n) is 2.46. The first-order valence-electron chi connectivity index (χ1n) is 6.74. The fourth-order valence-corrected chi connectivity index (χ4v) is 2.89. The van der Waals surface area contributed by atoms with E-state index in [0.717, 1.165) is 47.0 Å². The van der Waals surface area contributed by atoms with Gasteiger partial charge < -0.3 is 9.84 Å². The average molecular weight is 335 g/mol. The van der Waals surface area contributed by atoms with Gasteiger partial charge >= 0.3 is 0 Å². The minimum atomic E-state index is -0.160. The van der Waals surface area contributed by atoms with E-state index >= 15 is 0 Å². The first-order valence-corrected chi connectivity index (χ1v) is 7.54. The predicted octanol–water partition coefficient (Wildman–Crippen LogP) is 3.25. The lowest BCUT2D eigenvalue weighted by Gasteiger charge is -2.09. The van der Waals surface area contributed by atoms with Gasteiger partial charge in [0.15, 0.2) is 5.69 Å². The van der Waals surface area contributed by atoms with Crippen molar-refractivity contribution in [2.45, 2.75) is 32.2 Å². The Morgan fingerprint density at radius 2 is 2.10 bits per heavy atom. The van der Waals surface area contributed by atoms with Crippen molar-refractivity contribution in [3.8, 4) is 0 Å². The molecule has 0 atom stereocenters. The SMILES string of the molecule is O=C(NCc1ccccc1Br)c1noc2c1CCCC2. The number of hydrogen-bond acceptors (Lipinski definition) is 3. The largest absolute Gasteiger partial charge is 0.360 e. The maximum Gasteiger partial charge on any atom is 0.274 e. The summed E-state index contributed by atoms with van der Waals surface area (Å²) >= 11 is 3.47. The van der Waals surface area contributed by atoms with Crippen LogP contribution in [0.15, 0.2) is 33.3 Å². The monoisotopic (exact) mass is 334 g/mol. The molecule has 104 valence electrons. The van der Waals surface area contributed by atoms with Gasteiger partial charge in [-0.3, -0.25) is 4.79 Å². The van der Waals surface area contributed by atoms with Crippen molar-refractivity contribution >= 4 is 21.8 Å². The van der Waals surface area contributed by atoms with Crippen LogP contribution in [0.4, 0.5) is 0 Å². The summed E-state index contributed by atoms with van der Waals surface area (Å²) in [4.78, 5) is 12.2. The van der Waals surface area contributed by atoms with E-state index in [1.54, 1.807) is 0 Å². The lowest BCUT2D eigenvalue weighted by Crippen LogP contribution is -2.24. The van der Waals surface area contributed by atoms with Crippen molar-refractivity contribution in [1.29, 1.82) is 0 Å². The van der Waals surface area contributed by atoms with Crippen LogP contribution in [0.1, 0.15) is 40.2 Å². The van der Waals surface area contributed by atoms with Crippen LogP contribution in [0.3, 0.4) is 0 Å². The summed E-state index contributed by atoms with van der Waals surface area (Å²) in [6.07, 6.45) is 3.98. The quantitative estimate of drug-likeness (QED) is 0.937. The number of halogens is 1. The van der Waals surface area contributed by atoms with E-state index in [9.17, 15) is 4.79 Å². The molecule has 0 spiro atoms. The van der Waals surface area contributed by atoms with Crippen LogP contribution in [-0.2, 0) is 19.4 Å². The van der Waals surface area contributed by atoms with Crippen LogP contribution in [0.2, 0.25) is 0 Å². The van der Waals surface area contributed by atoms with Crippen LogP contribution < -0.4 is 5.32 Å². The highest BCUT2D eigenvalue weighted by Crippen LogP contribution is 2.24. The molecule has 1 heterocycles. The van der Waals surface area contributed by atoms with Crippen LogP contribution in [0.25, 0.3) is 0 Å². The lowest BCUT2D eigenvalue weighted by atomic mass is 9.96. The van der Waals surface area contributed by atoms with Crippen LogP contribution in [0.5, 0.6) is 0 Å². The third kappa shape index (κ3) is 2.63. The third-order valence-electron chi connectivity index (χ3n) is 3.56. The number of carbonyl (C=O) groups is 1. The molecule has 1 aromatic heterocycles. The van der Waals surface area contributed by atoms with Gasteiger partial charge in [-0.25, -0.2) is 0 Å². The lowest BCUT2D eigenvalue weighted by molar-refractivity contribution is 0.0941. The van der Waals surface area contributed by atoms with Gasteiger partial charge in [-0.1, -0.05) is 39.3 Å². The number of nitrogens with zero attached hydrogens (tertiary/aromatic N) is 1. The van der Waals surface area contributed by atoms with Crippen molar-refractivity contribution in [3.63, 3.8) is 0 Å². The zero-order valence-electron chi connectivity index (χ0n) is 11.0. The van der Waals surface area contributed by atoms with E-state index in [4.69, 9.17) is 4.52 Å². The zero-order valence-corrected chi connectivity index (χ0v) is 12.6. The Hall–Kier alpha value is -1.62. The highest BCUT2D eigenvalue weighted by Gasteiger charge is 2.23. The van der Waals surface area contributed by atoms with E-state index in [1.165, 1.54) is 0 Å². The molecule has 3 rings (SSSR count). The summed E-state index contributed by atoms with van der Waals surface area (Å²) in [6.45, 7) is 0.474. The summed E-state index contributed by atoms with van der Waals surface area (Å²) in [5.41, 5.74) is 2.48. The molecule has 0 saturated carbocycles. The molecule has 1 aliphatic rings. The van der Waals surface area contributed by atoms with Gasteiger partial charge in [-0.05, 0) is 30.9 Å². The normalized spacial score (nSPS) is 13.8. The molecule has 2 aromatic rings. The maximum absolute atomic E-state index is 12.2. The first-order chi connectivity index (χ1) is 9.75. The Morgan fingerprint density at radius 1 is 1.30 bits per heavy atom. The van der Waals surface area contributed by atoms with Crippen LogP contribution >= 0.6 is 15.9 Å². The number of fused-ring (bicyclic) bond motifs is 1. The number of carbonyl (C=O) groups excluding carboxylic acids is 1. The van der Waals surface area contributed by atoms with Crippen molar-refractivity contribution in [1.82, 2.24) is 10.5 Å². The van der Waals surface area contributed by atoms with Crippen molar-refractivity contribution in [3.05, 3.63) is 51.3 Å². The van der Waals surface area contributed by atoms with Gasteiger partial charge in [-0.2, -0.15) is 0 Å². The van der Waals surface area contributed by atoms with Crippen molar-refractivity contribution in [2.75, 3.05) is 0 Å². The molecule has 4 nitrogen and oxygen atoms in total. The number of amides is 1. The summed E-state index contributed by atoms with van der Waals surface area (Å²) < 4.78 is 6.25. The Morgan fingerprint density at radius 3 is 2.95 bits per heavy atom. The molecule has 0 fully saturated rings. The molecule has 1 N–H and O–H groups in total. The molecule has 0 saturated heterocycles. The van der Waals surface area contributed by atoms with Gasteiger partial charge in [-0.15, -0.1) is 0 Å². The molecule has 0 aliphatic heterocycles. The van der Waals surface area contributed by atoms with E-state index in [0.29, 0.717) is 12.2 Å². The summed E-state index contributed by atoms with van der Waals surface area (Å²) in [5.74, 6) is 0.718. The molecule has 5 heteroatoms. The number of benzene rings is 1. The third-order valence-corrected chi connectivity index (χ3v) is 4.34. The van der Waals surface area contributed by atoms with E-state index in [-0.39, 0.29) is 5.91 Å². The minimum Gasteiger partial charge on any atom is -0.360 e. The smallest absolute Gasteiger partial charge is 0.274 e.